The van der Waals surface area contributed by atoms with Crippen LogP contribution in [0.5, 0.6) is 0 Å². The molecule has 4 rings (SSSR count). The summed E-state index contributed by atoms with van der Waals surface area (Å²) in [6.45, 7) is 5.32. The molecule has 2 aromatic rings. The molecule has 0 spiro atoms. The van der Waals surface area contributed by atoms with Gasteiger partial charge in [-0.25, -0.2) is 8.42 Å². The van der Waals surface area contributed by atoms with E-state index < -0.39 is 10.0 Å². The molecule has 0 aromatic carbocycles. The molecular formula is C20H26N4O6S. The molecule has 10 nitrogen and oxygen atoms in total. The number of sulfonamides is 1. The summed E-state index contributed by atoms with van der Waals surface area (Å²) >= 11 is 0. The number of piperidine rings is 1. The second-order valence-electron chi connectivity index (χ2n) is 7.93. The molecule has 2 saturated heterocycles. The molecule has 31 heavy (non-hydrogen) atoms. The summed E-state index contributed by atoms with van der Waals surface area (Å²) in [5, 5.41) is 3.74. The predicted molar refractivity (Wildman–Crippen MR) is 109 cm³/mol. The first kappa shape index (κ1) is 21.6. The minimum Gasteiger partial charge on any atom is -0.459 e. The predicted octanol–water partition coefficient (Wildman–Crippen LogP) is 1.27. The Bertz CT molecular complexity index is 1030. The van der Waals surface area contributed by atoms with E-state index >= 15 is 0 Å². The molecule has 0 bridgehead atoms. The van der Waals surface area contributed by atoms with Crippen molar-refractivity contribution in [3.63, 3.8) is 0 Å². The molecule has 2 amide bonds. The third-order valence-corrected chi connectivity index (χ3v) is 8.12. The van der Waals surface area contributed by atoms with Crippen molar-refractivity contribution >= 4 is 21.8 Å². The number of rotatable bonds is 4. The highest BCUT2D eigenvalue weighted by atomic mass is 32.2. The summed E-state index contributed by atoms with van der Waals surface area (Å²) in [5.41, 5.74) is 0.340. The smallest absolute Gasteiger partial charge is 0.289 e. The molecule has 11 heteroatoms. The Morgan fingerprint density at radius 3 is 2.26 bits per heavy atom. The lowest BCUT2D eigenvalue weighted by Gasteiger charge is -2.38. The number of hydrogen-bond donors (Lipinski definition) is 0. The van der Waals surface area contributed by atoms with Crippen molar-refractivity contribution in [2.45, 2.75) is 31.6 Å². The van der Waals surface area contributed by atoms with E-state index in [4.69, 9.17) is 8.94 Å². The van der Waals surface area contributed by atoms with Gasteiger partial charge >= 0.3 is 0 Å². The number of furan rings is 1. The average molecular weight is 451 g/mol. The Morgan fingerprint density at radius 1 is 1.03 bits per heavy atom. The Labute approximate surface area is 180 Å². The monoisotopic (exact) mass is 450 g/mol. The fourth-order valence-electron chi connectivity index (χ4n) is 4.26. The van der Waals surface area contributed by atoms with Gasteiger partial charge in [0.2, 0.25) is 15.9 Å². The van der Waals surface area contributed by atoms with Crippen molar-refractivity contribution in [1.29, 1.82) is 0 Å². The highest BCUT2D eigenvalue weighted by molar-refractivity contribution is 7.89. The van der Waals surface area contributed by atoms with Crippen LogP contribution >= 0.6 is 0 Å². The fourth-order valence-corrected chi connectivity index (χ4v) is 5.98. The van der Waals surface area contributed by atoms with Crippen molar-refractivity contribution < 1.29 is 26.9 Å². The lowest BCUT2D eigenvalue weighted by Crippen LogP contribution is -2.53. The van der Waals surface area contributed by atoms with E-state index in [2.05, 4.69) is 5.16 Å². The molecule has 168 valence electrons. The van der Waals surface area contributed by atoms with Crippen LogP contribution in [0, 0.1) is 19.8 Å². The van der Waals surface area contributed by atoms with Crippen molar-refractivity contribution in [1.82, 2.24) is 19.3 Å². The van der Waals surface area contributed by atoms with Crippen molar-refractivity contribution in [3.8, 4) is 0 Å². The SMILES string of the molecule is Cc1noc(C)c1S(=O)(=O)N1CCN(C(=O)C2CCN(C(=O)c3ccco3)CC2)CC1. The number of carbonyl (C=O) groups is 2. The number of likely N-dealkylation sites (tertiary alicyclic amines) is 1. The number of piperazine rings is 1. The van der Waals surface area contributed by atoms with E-state index in [0.29, 0.717) is 50.5 Å². The van der Waals surface area contributed by atoms with Gasteiger partial charge in [-0.3, -0.25) is 9.59 Å². The van der Waals surface area contributed by atoms with Gasteiger partial charge in [-0.05, 0) is 38.8 Å². The normalized spacial score (nSPS) is 19.0. The number of nitrogens with zero attached hydrogens (tertiary/aromatic N) is 4. The molecule has 0 aliphatic carbocycles. The van der Waals surface area contributed by atoms with E-state index in [1.807, 2.05) is 0 Å². The molecule has 0 N–H and O–H groups in total. The van der Waals surface area contributed by atoms with Crippen LogP contribution in [0.15, 0.2) is 32.2 Å². The summed E-state index contributed by atoms with van der Waals surface area (Å²) < 4.78 is 37.4. The van der Waals surface area contributed by atoms with E-state index in [-0.39, 0.29) is 41.5 Å². The highest BCUT2D eigenvalue weighted by Crippen LogP contribution is 2.26. The largest absolute Gasteiger partial charge is 0.459 e. The first-order chi connectivity index (χ1) is 14.8. The van der Waals surface area contributed by atoms with Crippen LogP contribution in [-0.2, 0) is 14.8 Å². The van der Waals surface area contributed by atoms with Crippen molar-refractivity contribution in [2.24, 2.45) is 5.92 Å². The van der Waals surface area contributed by atoms with Crippen LogP contribution in [0.4, 0.5) is 0 Å². The summed E-state index contributed by atoms with van der Waals surface area (Å²) in [4.78, 5) is 28.9. The molecule has 2 aliphatic rings. The van der Waals surface area contributed by atoms with E-state index in [1.165, 1.54) is 10.6 Å². The van der Waals surface area contributed by atoms with Crippen LogP contribution < -0.4 is 0 Å². The third kappa shape index (κ3) is 4.11. The lowest BCUT2D eigenvalue weighted by molar-refractivity contribution is -0.138. The molecular weight excluding hydrogens is 424 g/mol. The van der Waals surface area contributed by atoms with Gasteiger partial charge in [0.1, 0.15) is 10.6 Å². The van der Waals surface area contributed by atoms with Gasteiger partial charge in [-0.15, -0.1) is 0 Å². The van der Waals surface area contributed by atoms with E-state index in [9.17, 15) is 18.0 Å². The third-order valence-electron chi connectivity index (χ3n) is 5.98. The number of carbonyl (C=O) groups excluding carboxylic acids is 2. The lowest BCUT2D eigenvalue weighted by atomic mass is 9.95. The number of aryl methyl sites for hydroxylation is 2. The molecule has 0 radical (unpaired) electrons. The van der Waals surface area contributed by atoms with Gasteiger partial charge in [0.25, 0.3) is 5.91 Å². The zero-order valence-corrected chi connectivity index (χ0v) is 18.4. The number of amides is 2. The Morgan fingerprint density at radius 2 is 1.71 bits per heavy atom. The molecule has 2 aromatic heterocycles. The number of hydrogen-bond acceptors (Lipinski definition) is 7. The maximum absolute atomic E-state index is 13.0. The molecule has 0 saturated carbocycles. The maximum Gasteiger partial charge on any atom is 0.289 e. The Kier molecular flexibility index (Phi) is 5.89. The van der Waals surface area contributed by atoms with Gasteiger partial charge in [0, 0.05) is 45.2 Å². The van der Waals surface area contributed by atoms with E-state index in [0.717, 1.165) is 0 Å². The Hall–Kier alpha value is -2.66. The second kappa shape index (κ2) is 8.46. The molecule has 4 heterocycles. The van der Waals surface area contributed by atoms with Crippen LogP contribution in [0.3, 0.4) is 0 Å². The standard InChI is InChI=1S/C20H26N4O6S/c1-14-18(15(2)30-21-14)31(27,28)24-11-9-23(10-12-24)19(25)16-5-7-22(8-6-16)20(26)17-4-3-13-29-17/h3-4,13,16H,5-12H2,1-2H3. The first-order valence-electron chi connectivity index (χ1n) is 10.3. The molecule has 2 aliphatic heterocycles. The second-order valence-corrected chi connectivity index (χ2v) is 9.80. The average Bonchev–Trinajstić information content (AvgIpc) is 3.43. The minimum atomic E-state index is -3.71. The quantitative estimate of drug-likeness (QED) is 0.688. The fraction of sp³-hybridized carbons (Fsp3) is 0.550. The van der Waals surface area contributed by atoms with Gasteiger partial charge in [0.05, 0.1) is 6.26 Å². The van der Waals surface area contributed by atoms with Crippen molar-refractivity contribution in [2.75, 3.05) is 39.3 Å². The van der Waals surface area contributed by atoms with Crippen LogP contribution in [0.2, 0.25) is 0 Å². The van der Waals surface area contributed by atoms with Gasteiger partial charge in [0.15, 0.2) is 11.5 Å². The maximum atomic E-state index is 13.0. The zero-order chi connectivity index (χ0) is 22.2. The van der Waals surface area contributed by atoms with Crippen LogP contribution in [0.1, 0.15) is 34.9 Å². The number of aromatic nitrogens is 1. The molecule has 0 unspecified atom stereocenters. The Balaban J connectivity index is 1.31. The van der Waals surface area contributed by atoms with Gasteiger partial charge in [-0.2, -0.15) is 4.31 Å². The highest BCUT2D eigenvalue weighted by Gasteiger charge is 2.36. The summed E-state index contributed by atoms with van der Waals surface area (Å²) in [7, 11) is -3.71. The zero-order valence-electron chi connectivity index (χ0n) is 17.6. The first-order valence-corrected chi connectivity index (χ1v) is 11.8. The van der Waals surface area contributed by atoms with E-state index in [1.54, 1.807) is 35.8 Å². The van der Waals surface area contributed by atoms with Gasteiger partial charge < -0.3 is 18.7 Å². The van der Waals surface area contributed by atoms with Crippen LogP contribution in [-0.4, -0.2) is 78.8 Å². The van der Waals surface area contributed by atoms with Crippen LogP contribution in [0.25, 0.3) is 0 Å². The summed E-state index contributed by atoms with van der Waals surface area (Å²) in [6.07, 6.45) is 2.64. The summed E-state index contributed by atoms with van der Waals surface area (Å²) in [6, 6.07) is 3.31. The molecule has 0 atom stereocenters. The topological polar surface area (TPSA) is 117 Å². The summed E-state index contributed by atoms with van der Waals surface area (Å²) in [5.74, 6) is 0.284. The minimum absolute atomic E-state index is 0.0273. The van der Waals surface area contributed by atoms with Gasteiger partial charge in [-0.1, -0.05) is 5.16 Å². The van der Waals surface area contributed by atoms with Crippen molar-refractivity contribution in [3.05, 3.63) is 35.6 Å². The molecule has 2 fully saturated rings.